The van der Waals surface area contributed by atoms with Crippen LogP contribution in [0.2, 0.25) is 0 Å². The fourth-order valence-corrected chi connectivity index (χ4v) is 4.15. The van der Waals surface area contributed by atoms with Gasteiger partial charge in [-0.1, -0.05) is 25.1 Å². The third kappa shape index (κ3) is 5.08. The van der Waals surface area contributed by atoms with E-state index in [4.69, 9.17) is 0 Å². The van der Waals surface area contributed by atoms with Crippen molar-refractivity contribution in [3.05, 3.63) is 52.2 Å². The Morgan fingerprint density at radius 1 is 1.12 bits per heavy atom. The second-order valence-electron chi connectivity index (χ2n) is 6.95. The topological polar surface area (TPSA) is 35.6 Å². The van der Waals surface area contributed by atoms with Gasteiger partial charge in [0, 0.05) is 49.3 Å². The van der Waals surface area contributed by atoms with Gasteiger partial charge >= 0.3 is 0 Å². The Morgan fingerprint density at radius 3 is 2.50 bits per heavy atom. The average molecular weight is 372 g/mol. The van der Waals surface area contributed by atoms with Gasteiger partial charge < -0.3 is 10.2 Å². The molecule has 1 atom stereocenters. The quantitative estimate of drug-likeness (QED) is 0.807. The van der Waals surface area contributed by atoms with Crippen molar-refractivity contribution in [1.82, 2.24) is 10.2 Å². The second-order valence-corrected chi connectivity index (χ2v) is 8.12. The first-order valence-corrected chi connectivity index (χ1v) is 10.4. The summed E-state index contributed by atoms with van der Waals surface area (Å²) in [5.74, 6) is 0.0658. The highest BCUT2D eigenvalue weighted by atomic mass is 32.1. The molecule has 0 aliphatic carbocycles. The van der Waals surface area contributed by atoms with E-state index in [0.29, 0.717) is 0 Å². The van der Waals surface area contributed by atoms with E-state index in [-0.39, 0.29) is 11.9 Å². The number of anilines is 1. The van der Waals surface area contributed by atoms with Gasteiger partial charge in [-0.05, 0) is 44.0 Å². The summed E-state index contributed by atoms with van der Waals surface area (Å²) < 4.78 is 0. The molecule has 0 unspecified atom stereocenters. The summed E-state index contributed by atoms with van der Waals surface area (Å²) in [6.07, 6.45) is 1.98. The SMILES string of the molecule is CCc1ccc(C(=O)N[C@H](C)CCN2CCN(c3ccccc3)CC2)s1. The Hall–Kier alpha value is -1.85. The summed E-state index contributed by atoms with van der Waals surface area (Å²) in [6.45, 7) is 9.56. The number of amides is 1. The molecule has 0 saturated carbocycles. The molecule has 0 radical (unpaired) electrons. The molecular weight excluding hydrogens is 342 g/mol. The van der Waals surface area contributed by atoms with Gasteiger partial charge in [0.05, 0.1) is 4.88 Å². The van der Waals surface area contributed by atoms with Gasteiger partial charge in [-0.25, -0.2) is 0 Å². The Morgan fingerprint density at radius 2 is 1.85 bits per heavy atom. The van der Waals surface area contributed by atoms with Gasteiger partial charge in [0.2, 0.25) is 0 Å². The van der Waals surface area contributed by atoms with Crippen LogP contribution < -0.4 is 10.2 Å². The molecule has 1 amide bonds. The van der Waals surface area contributed by atoms with Crippen LogP contribution in [0.15, 0.2) is 42.5 Å². The number of benzene rings is 1. The van der Waals surface area contributed by atoms with Gasteiger partial charge in [0.15, 0.2) is 0 Å². The van der Waals surface area contributed by atoms with Crippen LogP contribution in [0.1, 0.15) is 34.8 Å². The van der Waals surface area contributed by atoms with Crippen molar-refractivity contribution >= 4 is 22.9 Å². The number of piperazine rings is 1. The molecule has 1 aromatic carbocycles. The van der Waals surface area contributed by atoms with Crippen LogP contribution >= 0.6 is 11.3 Å². The van der Waals surface area contributed by atoms with Crippen molar-refractivity contribution in [1.29, 1.82) is 0 Å². The molecule has 0 bridgehead atoms. The number of aryl methyl sites for hydroxylation is 1. The zero-order valence-electron chi connectivity index (χ0n) is 15.8. The number of nitrogens with one attached hydrogen (secondary N) is 1. The summed E-state index contributed by atoms with van der Waals surface area (Å²) in [5.41, 5.74) is 1.31. The average Bonchev–Trinajstić information content (AvgIpc) is 3.17. The first-order valence-electron chi connectivity index (χ1n) is 9.57. The number of carbonyl (C=O) groups is 1. The Labute approximate surface area is 160 Å². The maximum atomic E-state index is 12.3. The number of thiophene rings is 1. The van der Waals surface area contributed by atoms with E-state index >= 15 is 0 Å². The molecule has 26 heavy (non-hydrogen) atoms. The minimum absolute atomic E-state index is 0.0658. The van der Waals surface area contributed by atoms with Gasteiger partial charge in [-0.2, -0.15) is 0 Å². The number of hydrogen-bond acceptors (Lipinski definition) is 4. The van der Waals surface area contributed by atoms with Crippen LogP contribution in [-0.4, -0.2) is 49.6 Å². The Kier molecular flexibility index (Phi) is 6.69. The highest BCUT2D eigenvalue weighted by Gasteiger charge is 2.18. The summed E-state index contributed by atoms with van der Waals surface area (Å²) in [5, 5.41) is 3.14. The van der Waals surface area contributed by atoms with E-state index < -0.39 is 0 Å². The van der Waals surface area contributed by atoms with E-state index in [1.165, 1.54) is 10.6 Å². The minimum atomic E-state index is 0.0658. The molecule has 1 saturated heterocycles. The summed E-state index contributed by atoms with van der Waals surface area (Å²) >= 11 is 1.60. The van der Waals surface area contributed by atoms with Crippen molar-refractivity contribution < 1.29 is 4.79 Å². The predicted octanol–water partition coefficient (Wildman–Crippen LogP) is 3.64. The van der Waals surface area contributed by atoms with Gasteiger partial charge in [0.1, 0.15) is 0 Å². The minimum Gasteiger partial charge on any atom is -0.369 e. The third-order valence-corrected chi connectivity index (χ3v) is 6.21. The van der Waals surface area contributed by atoms with Crippen molar-refractivity contribution in [3.8, 4) is 0 Å². The van der Waals surface area contributed by atoms with E-state index in [1.807, 2.05) is 6.07 Å². The Bertz CT molecular complexity index is 692. The molecule has 3 rings (SSSR count). The third-order valence-electron chi connectivity index (χ3n) is 4.98. The summed E-state index contributed by atoms with van der Waals surface area (Å²) in [4.78, 5) is 19.4. The highest BCUT2D eigenvalue weighted by Crippen LogP contribution is 2.18. The molecule has 1 N–H and O–H groups in total. The Balaban J connectivity index is 1.38. The molecule has 140 valence electrons. The molecule has 5 heteroatoms. The lowest BCUT2D eigenvalue weighted by Crippen LogP contribution is -2.47. The summed E-state index contributed by atoms with van der Waals surface area (Å²) in [6, 6.07) is 14.8. The lowest BCUT2D eigenvalue weighted by molar-refractivity contribution is 0.0939. The molecule has 0 spiro atoms. The fraction of sp³-hybridized carbons (Fsp3) is 0.476. The molecular formula is C21H29N3OS. The van der Waals surface area contributed by atoms with Crippen LogP contribution in [0.25, 0.3) is 0 Å². The number of nitrogens with zero attached hydrogens (tertiary/aromatic N) is 2. The van der Waals surface area contributed by atoms with E-state index in [9.17, 15) is 4.79 Å². The second kappa shape index (κ2) is 9.19. The van der Waals surface area contributed by atoms with E-state index in [0.717, 1.165) is 50.4 Å². The van der Waals surface area contributed by atoms with Crippen LogP contribution in [0.3, 0.4) is 0 Å². The molecule has 1 aliphatic heterocycles. The standard InChI is InChI=1S/C21H29N3OS/c1-3-19-9-10-20(26-19)21(25)22-17(2)11-12-23-13-15-24(16-14-23)18-7-5-4-6-8-18/h4-10,17H,3,11-16H2,1-2H3,(H,22,25)/t17-/m1/s1. The molecule has 4 nitrogen and oxygen atoms in total. The van der Waals surface area contributed by atoms with Crippen LogP contribution in [0.5, 0.6) is 0 Å². The van der Waals surface area contributed by atoms with Crippen molar-refractivity contribution in [3.63, 3.8) is 0 Å². The van der Waals surface area contributed by atoms with Gasteiger partial charge in [0.25, 0.3) is 5.91 Å². The van der Waals surface area contributed by atoms with Crippen molar-refractivity contribution in [2.24, 2.45) is 0 Å². The first-order chi connectivity index (χ1) is 12.7. The maximum absolute atomic E-state index is 12.3. The van der Waals surface area contributed by atoms with Gasteiger partial charge in [-0.3, -0.25) is 9.69 Å². The van der Waals surface area contributed by atoms with Crippen LogP contribution in [0, 0.1) is 0 Å². The van der Waals surface area contributed by atoms with E-state index in [1.54, 1.807) is 11.3 Å². The largest absolute Gasteiger partial charge is 0.369 e. The van der Waals surface area contributed by atoms with Crippen molar-refractivity contribution in [2.75, 3.05) is 37.6 Å². The summed E-state index contributed by atoms with van der Waals surface area (Å²) in [7, 11) is 0. The fourth-order valence-electron chi connectivity index (χ4n) is 3.30. The number of carbonyl (C=O) groups excluding carboxylic acids is 1. The molecule has 2 aromatic rings. The zero-order chi connectivity index (χ0) is 18.4. The van der Waals surface area contributed by atoms with E-state index in [2.05, 4.69) is 65.4 Å². The molecule has 2 heterocycles. The number of hydrogen-bond donors (Lipinski definition) is 1. The molecule has 1 fully saturated rings. The first kappa shape index (κ1) is 18.9. The molecule has 1 aliphatic rings. The lowest BCUT2D eigenvalue weighted by Gasteiger charge is -2.36. The monoisotopic (exact) mass is 371 g/mol. The zero-order valence-corrected chi connectivity index (χ0v) is 16.6. The normalized spacial score (nSPS) is 16.5. The molecule has 1 aromatic heterocycles. The lowest BCUT2D eigenvalue weighted by atomic mass is 10.2. The number of rotatable bonds is 7. The maximum Gasteiger partial charge on any atom is 0.261 e. The van der Waals surface area contributed by atoms with Crippen LogP contribution in [-0.2, 0) is 6.42 Å². The van der Waals surface area contributed by atoms with Crippen molar-refractivity contribution in [2.45, 2.75) is 32.7 Å². The smallest absolute Gasteiger partial charge is 0.261 e. The van der Waals surface area contributed by atoms with Crippen LogP contribution in [0.4, 0.5) is 5.69 Å². The predicted molar refractivity (Wildman–Crippen MR) is 110 cm³/mol. The van der Waals surface area contributed by atoms with Gasteiger partial charge in [-0.15, -0.1) is 11.3 Å². The highest BCUT2D eigenvalue weighted by molar-refractivity contribution is 7.14. The number of para-hydroxylation sites is 1.